The van der Waals surface area contributed by atoms with Gasteiger partial charge in [-0.05, 0) is 39.0 Å². The molecule has 0 atom stereocenters. The zero-order valence-corrected chi connectivity index (χ0v) is 16.5. The third-order valence-corrected chi connectivity index (χ3v) is 5.36. The molecule has 138 valence electrons. The van der Waals surface area contributed by atoms with Crippen LogP contribution >= 0.6 is 0 Å². The van der Waals surface area contributed by atoms with Crippen LogP contribution < -0.4 is 22.2 Å². The fraction of sp³-hybridized carbons (Fsp3) is 0.125. The van der Waals surface area contributed by atoms with Gasteiger partial charge in [-0.3, -0.25) is 15.0 Å². The van der Waals surface area contributed by atoms with Crippen molar-refractivity contribution in [3.05, 3.63) is 102 Å². The molecule has 0 spiro atoms. The molecule has 4 aromatic rings. The normalized spacial score (nSPS) is 11.4. The predicted octanol–water partition coefficient (Wildman–Crippen LogP) is 2.17. The number of aromatic nitrogens is 3. The third-order valence-electron chi connectivity index (χ3n) is 5.36. The molecule has 0 N–H and O–H groups in total. The molecule has 0 saturated heterocycles. The van der Waals surface area contributed by atoms with Gasteiger partial charge in [-0.25, -0.2) is 0 Å². The fourth-order valence-electron chi connectivity index (χ4n) is 4.12. The van der Waals surface area contributed by atoms with Gasteiger partial charge in [0.25, 0.3) is 0 Å². The van der Waals surface area contributed by atoms with Crippen LogP contribution in [0.25, 0.3) is 0 Å². The Morgan fingerprint density at radius 2 is 0.857 bits per heavy atom. The van der Waals surface area contributed by atoms with Gasteiger partial charge in [0.2, 0.25) is 0 Å². The van der Waals surface area contributed by atoms with Crippen LogP contribution in [0.1, 0.15) is 17.1 Å². The van der Waals surface area contributed by atoms with E-state index in [0.717, 1.165) is 39.3 Å². The molecule has 1 aromatic carbocycles. The first kappa shape index (κ1) is 18.1. The lowest BCUT2D eigenvalue weighted by atomic mass is 9.16. The lowest BCUT2D eigenvalue weighted by Gasteiger charge is -2.41. The summed E-state index contributed by atoms with van der Waals surface area (Å²) in [5, 5.41) is 0. The van der Waals surface area contributed by atoms with Crippen molar-refractivity contribution in [2.45, 2.75) is 20.8 Å². The van der Waals surface area contributed by atoms with Crippen molar-refractivity contribution in [2.75, 3.05) is 0 Å². The minimum atomic E-state index is -1.61. The molecule has 4 heteroatoms. The summed E-state index contributed by atoms with van der Waals surface area (Å²) in [7, 11) is 0. The lowest BCUT2D eigenvalue weighted by Crippen LogP contribution is -2.77. The second kappa shape index (κ2) is 7.39. The van der Waals surface area contributed by atoms with Gasteiger partial charge in [0.1, 0.15) is 0 Å². The zero-order chi connectivity index (χ0) is 19.6. The smallest absolute Gasteiger partial charge is 0.168 e. The van der Waals surface area contributed by atoms with Crippen molar-refractivity contribution < 1.29 is 0 Å². The number of benzene rings is 1. The maximum Gasteiger partial charge on any atom is 0.168 e. The number of hydrogen-bond donors (Lipinski definition) is 0. The second-order valence-corrected chi connectivity index (χ2v) is 7.39. The van der Waals surface area contributed by atoms with E-state index < -0.39 is 6.15 Å². The van der Waals surface area contributed by atoms with E-state index in [0.29, 0.717) is 0 Å². The first-order valence-electron chi connectivity index (χ1n) is 9.64. The Hall–Kier alpha value is -3.27. The van der Waals surface area contributed by atoms with Gasteiger partial charge in [0, 0.05) is 17.1 Å². The summed E-state index contributed by atoms with van der Waals surface area (Å²) in [6, 6.07) is 29.1. The van der Waals surface area contributed by atoms with Crippen LogP contribution in [0.5, 0.6) is 0 Å². The van der Waals surface area contributed by atoms with Crippen LogP contribution in [0.15, 0.2) is 84.9 Å². The molecule has 3 heterocycles. The first-order chi connectivity index (χ1) is 13.6. The average molecular weight is 364 g/mol. The van der Waals surface area contributed by atoms with Crippen molar-refractivity contribution in [1.29, 1.82) is 0 Å². The minimum Gasteiger partial charge on any atom is -0.299 e. The number of pyridine rings is 3. The fourth-order valence-corrected chi connectivity index (χ4v) is 4.12. The molecule has 0 saturated carbocycles. The Morgan fingerprint density at radius 3 is 1.21 bits per heavy atom. The van der Waals surface area contributed by atoms with Gasteiger partial charge in [0.15, 0.2) is 6.15 Å². The van der Waals surface area contributed by atoms with Crippen molar-refractivity contribution >= 4 is 28.4 Å². The molecule has 0 amide bonds. The first-order valence-corrected chi connectivity index (χ1v) is 9.64. The predicted molar refractivity (Wildman–Crippen MR) is 118 cm³/mol. The average Bonchev–Trinajstić information content (AvgIpc) is 2.70. The van der Waals surface area contributed by atoms with E-state index in [1.165, 1.54) is 0 Å². The maximum absolute atomic E-state index is 4.98. The molecule has 3 aromatic heterocycles. The molecule has 28 heavy (non-hydrogen) atoms. The molecule has 4 rings (SSSR count). The van der Waals surface area contributed by atoms with E-state index in [9.17, 15) is 0 Å². The monoisotopic (exact) mass is 364 g/mol. The highest BCUT2D eigenvalue weighted by Crippen LogP contribution is 2.08. The van der Waals surface area contributed by atoms with Crippen LogP contribution in [0.4, 0.5) is 0 Å². The highest BCUT2D eigenvalue weighted by atomic mass is 14.8. The molecule has 0 radical (unpaired) electrons. The molecule has 3 nitrogen and oxygen atoms in total. The summed E-state index contributed by atoms with van der Waals surface area (Å²) < 4.78 is 0. The topological polar surface area (TPSA) is 38.7 Å². The quantitative estimate of drug-likeness (QED) is 0.521. The van der Waals surface area contributed by atoms with Crippen LogP contribution in [-0.2, 0) is 0 Å². The summed E-state index contributed by atoms with van der Waals surface area (Å²) >= 11 is 0. The number of hydrogen-bond acceptors (Lipinski definition) is 3. The summed E-state index contributed by atoms with van der Waals surface area (Å²) in [5.74, 6) is 0. The molecule has 0 fully saturated rings. The SMILES string of the molecule is Cc1cccc([B-](c2ccccc2)(c2cccc(C)n2)c2cccc(C)n2)n1. The minimum absolute atomic E-state index is 0.986. The third kappa shape index (κ3) is 3.11. The van der Waals surface area contributed by atoms with Crippen molar-refractivity contribution in [1.82, 2.24) is 15.0 Å². The van der Waals surface area contributed by atoms with E-state index in [4.69, 9.17) is 15.0 Å². The van der Waals surface area contributed by atoms with Crippen LogP contribution in [0, 0.1) is 20.8 Å². The molecule has 0 aliphatic rings. The lowest BCUT2D eigenvalue weighted by molar-refractivity contribution is 1.20. The van der Waals surface area contributed by atoms with E-state index >= 15 is 0 Å². The Morgan fingerprint density at radius 1 is 0.464 bits per heavy atom. The van der Waals surface area contributed by atoms with Crippen LogP contribution in [-0.4, -0.2) is 21.1 Å². The molecular weight excluding hydrogens is 341 g/mol. The number of aryl methyl sites for hydroxylation is 3. The maximum atomic E-state index is 4.98. The standard InChI is InChI=1S/C24H23BN3/c1-18-10-7-15-22(26-18)25(21-13-5-4-6-14-21,23-16-8-11-19(2)27-23)24-17-9-12-20(3)28-24/h4-17H,1-3H3/q-1. The molecule has 0 aliphatic carbocycles. The van der Waals surface area contributed by atoms with Gasteiger partial charge in [-0.1, -0.05) is 66.7 Å². The molecule has 0 unspecified atom stereocenters. The summed E-state index contributed by atoms with van der Waals surface area (Å²) in [4.78, 5) is 14.9. The van der Waals surface area contributed by atoms with E-state index in [1.54, 1.807) is 0 Å². The Bertz CT molecular complexity index is 998. The Kier molecular flexibility index (Phi) is 4.78. The van der Waals surface area contributed by atoms with E-state index in [-0.39, 0.29) is 0 Å². The van der Waals surface area contributed by atoms with Gasteiger partial charge >= 0.3 is 0 Å². The van der Waals surface area contributed by atoms with Crippen LogP contribution in [0.3, 0.4) is 0 Å². The molecule has 0 bridgehead atoms. The number of nitrogens with zero attached hydrogens (tertiary/aromatic N) is 3. The van der Waals surface area contributed by atoms with Gasteiger partial charge in [-0.2, -0.15) is 5.46 Å². The molecular formula is C24H23BN3-. The van der Waals surface area contributed by atoms with Gasteiger partial charge < -0.3 is 0 Å². The number of rotatable bonds is 4. The summed E-state index contributed by atoms with van der Waals surface area (Å²) in [6.45, 7) is 6.09. The largest absolute Gasteiger partial charge is 0.299 e. The summed E-state index contributed by atoms with van der Waals surface area (Å²) in [6.07, 6.45) is -1.61. The second-order valence-electron chi connectivity index (χ2n) is 7.39. The van der Waals surface area contributed by atoms with E-state index in [2.05, 4.69) is 60.7 Å². The van der Waals surface area contributed by atoms with E-state index in [1.807, 2.05) is 45.0 Å². The highest BCUT2D eigenvalue weighted by molar-refractivity contribution is 7.18. The van der Waals surface area contributed by atoms with Crippen molar-refractivity contribution in [2.24, 2.45) is 0 Å². The summed E-state index contributed by atoms with van der Waals surface area (Å²) in [5.41, 5.74) is 7.09. The highest BCUT2D eigenvalue weighted by Gasteiger charge is 2.36. The molecule has 0 aliphatic heterocycles. The Labute approximate surface area is 166 Å². The van der Waals surface area contributed by atoms with Gasteiger partial charge in [0.05, 0.1) is 0 Å². The zero-order valence-electron chi connectivity index (χ0n) is 16.5. The Balaban J connectivity index is 2.17. The van der Waals surface area contributed by atoms with Gasteiger partial charge in [-0.15, -0.1) is 16.8 Å². The van der Waals surface area contributed by atoms with Crippen molar-refractivity contribution in [3.63, 3.8) is 0 Å². The van der Waals surface area contributed by atoms with Crippen LogP contribution in [0.2, 0.25) is 0 Å². The van der Waals surface area contributed by atoms with Crippen molar-refractivity contribution in [3.8, 4) is 0 Å².